The SMILES string of the molecule is CC(=O)c1cnc(Nc2ccc(N3CCN(C)CC3)c(C(F)(F)F)c2)nc1NC1CC(C)(C)N(C)C(C)(C)C1. The highest BCUT2D eigenvalue weighted by Crippen LogP contribution is 2.40. The van der Waals surface area contributed by atoms with Crippen molar-refractivity contribution in [3.8, 4) is 0 Å². The Kier molecular flexibility index (Phi) is 7.88. The average molecular weight is 548 g/mol. The van der Waals surface area contributed by atoms with Gasteiger partial charge in [0.05, 0.1) is 11.1 Å². The number of hydrogen-bond donors (Lipinski definition) is 2. The van der Waals surface area contributed by atoms with E-state index < -0.39 is 11.7 Å². The van der Waals surface area contributed by atoms with E-state index in [1.165, 1.54) is 19.2 Å². The van der Waals surface area contributed by atoms with Gasteiger partial charge < -0.3 is 20.4 Å². The molecule has 2 N–H and O–H groups in total. The molecular weight excluding hydrogens is 507 g/mol. The first-order valence-electron chi connectivity index (χ1n) is 13.4. The second-order valence-electron chi connectivity index (χ2n) is 12.1. The molecule has 8 nitrogen and oxygen atoms in total. The normalized spacial score (nSPS) is 20.6. The molecule has 0 aliphatic carbocycles. The lowest BCUT2D eigenvalue weighted by molar-refractivity contribution is -0.137. The van der Waals surface area contributed by atoms with Gasteiger partial charge in [-0.25, -0.2) is 4.98 Å². The number of Topliss-reactive ketones (excluding diaryl/α,β-unsaturated/α-hetero) is 1. The molecule has 0 bridgehead atoms. The summed E-state index contributed by atoms with van der Waals surface area (Å²) in [4.78, 5) is 27.4. The van der Waals surface area contributed by atoms with E-state index in [0.29, 0.717) is 37.6 Å². The zero-order valence-electron chi connectivity index (χ0n) is 23.9. The first-order valence-corrected chi connectivity index (χ1v) is 13.4. The molecule has 4 rings (SSSR count). The molecule has 0 amide bonds. The minimum Gasteiger partial charge on any atom is -0.368 e. The van der Waals surface area contributed by atoms with Crippen molar-refractivity contribution >= 4 is 28.9 Å². The van der Waals surface area contributed by atoms with Gasteiger partial charge in [-0.05, 0) is 79.8 Å². The van der Waals surface area contributed by atoms with Crippen LogP contribution in [0, 0.1) is 0 Å². The Morgan fingerprint density at radius 3 is 2.21 bits per heavy atom. The molecule has 0 spiro atoms. The van der Waals surface area contributed by atoms with Crippen molar-refractivity contribution in [2.45, 2.75) is 70.8 Å². The van der Waals surface area contributed by atoms with Crippen LogP contribution in [0.15, 0.2) is 24.4 Å². The highest BCUT2D eigenvalue weighted by molar-refractivity contribution is 5.98. The number of hydrogen-bond acceptors (Lipinski definition) is 8. The number of likely N-dealkylation sites (tertiary alicyclic amines) is 1. The molecule has 2 fully saturated rings. The number of carbonyl (C=O) groups excluding carboxylic acids is 1. The summed E-state index contributed by atoms with van der Waals surface area (Å²) in [5.74, 6) is 0.312. The molecule has 214 valence electrons. The molecule has 1 aromatic carbocycles. The summed E-state index contributed by atoms with van der Waals surface area (Å²) in [5, 5.41) is 6.38. The van der Waals surface area contributed by atoms with Crippen molar-refractivity contribution in [1.82, 2.24) is 19.8 Å². The van der Waals surface area contributed by atoms with Gasteiger partial charge in [0, 0.05) is 60.9 Å². The fraction of sp³-hybridized carbons (Fsp3) is 0.607. The molecule has 0 radical (unpaired) electrons. The second-order valence-corrected chi connectivity index (χ2v) is 12.1. The van der Waals surface area contributed by atoms with Gasteiger partial charge in [0.1, 0.15) is 5.82 Å². The van der Waals surface area contributed by atoms with Crippen LogP contribution in [0.3, 0.4) is 0 Å². The largest absolute Gasteiger partial charge is 0.418 e. The number of nitrogens with zero attached hydrogens (tertiary/aromatic N) is 5. The molecule has 3 heterocycles. The predicted molar refractivity (Wildman–Crippen MR) is 149 cm³/mol. The van der Waals surface area contributed by atoms with Crippen molar-refractivity contribution in [1.29, 1.82) is 0 Å². The molecule has 0 saturated carbocycles. The van der Waals surface area contributed by atoms with Crippen LogP contribution in [-0.4, -0.2) is 82.9 Å². The number of halogens is 3. The van der Waals surface area contributed by atoms with E-state index in [4.69, 9.17) is 0 Å². The maximum atomic E-state index is 14.1. The number of alkyl halides is 3. The quantitative estimate of drug-likeness (QED) is 0.475. The summed E-state index contributed by atoms with van der Waals surface area (Å²) in [6, 6.07) is 4.26. The Morgan fingerprint density at radius 1 is 1.03 bits per heavy atom. The van der Waals surface area contributed by atoms with E-state index in [2.05, 4.69) is 65.1 Å². The van der Waals surface area contributed by atoms with E-state index in [0.717, 1.165) is 18.9 Å². The van der Waals surface area contributed by atoms with Crippen molar-refractivity contribution in [2.75, 3.05) is 55.8 Å². The fourth-order valence-corrected chi connectivity index (χ4v) is 5.77. The molecule has 39 heavy (non-hydrogen) atoms. The first-order chi connectivity index (χ1) is 18.1. The van der Waals surface area contributed by atoms with Gasteiger partial charge in [-0.3, -0.25) is 9.69 Å². The van der Waals surface area contributed by atoms with E-state index >= 15 is 0 Å². The second kappa shape index (κ2) is 10.6. The molecule has 2 saturated heterocycles. The van der Waals surface area contributed by atoms with Gasteiger partial charge in [0.2, 0.25) is 5.95 Å². The van der Waals surface area contributed by atoms with Crippen LogP contribution in [0.25, 0.3) is 0 Å². The van der Waals surface area contributed by atoms with Gasteiger partial charge in [-0.2, -0.15) is 18.2 Å². The molecule has 1 aromatic heterocycles. The minimum absolute atomic E-state index is 0.0479. The number of carbonyl (C=O) groups is 1. The van der Waals surface area contributed by atoms with E-state index in [1.807, 2.05) is 7.05 Å². The number of nitrogens with one attached hydrogen (secondary N) is 2. The molecule has 2 aliphatic rings. The Bertz CT molecular complexity index is 1190. The summed E-state index contributed by atoms with van der Waals surface area (Å²) >= 11 is 0. The number of rotatable bonds is 6. The number of ketones is 1. The van der Waals surface area contributed by atoms with Crippen molar-refractivity contribution in [3.63, 3.8) is 0 Å². The lowest BCUT2D eigenvalue weighted by Gasteiger charge is -2.53. The van der Waals surface area contributed by atoms with E-state index in [-0.39, 0.29) is 40.2 Å². The summed E-state index contributed by atoms with van der Waals surface area (Å²) < 4.78 is 42.2. The van der Waals surface area contributed by atoms with Crippen LogP contribution < -0.4 is 15.5 Å². The predicted octanol–water partition coefficient (Wildman–Crippen LogP) is 5.26. The van der Waals surface area contributed by atoms with Gasteiger partial charge >= 0.3 is 6.18 Å². The monoisotopic (exact) mass is 547 g/mol. The van der Waals surface area contributed by atoms with Crippen LogP contribution in [-0.2, 0) is 6.18 Å². The van der Waals surface area contributed by atoms with Gasteiger partial charge in [0.25, 0.3) is 0 Å². The zero-order valence-corrected chi connectivity index (χ0v) is 23.9. The number of piperidine rings is 1. The summed E-state index contributed by atoms with van der Waals surface area (Å²) in [6.07, 6.45) is -1.43. The summed E-state index contributed by atoms with van der Waals surface area (Å²) in [6.45, 7) is 12.7. The summed E-state index contributed by atoms with van der Waals surface area (Å²) in [7, 11) is 4.08. The van der Waals surface area contributed by atoms with Crippen LogP contribution in [0.2, 0.25) is 0 Å². The molecule has 0 unspecified atom stereocenters. The van der Waals surface area contributed by atoms with E-state index in [1.54, 1.807) is 11.0 Å². The average Bonchev–Trinajstić information content (AvgIpc) is 2.82. The van der Waals surface area contributed by atoms with Crippen LogP contribution in [0.4, 0.5) is 36.3 Å². The minimum atomic E-state index is -4.52. The lowest BCUT2D eigenvalue weighted by atomic mass is 9.77. The maximum absolute atomic E-state index is 14.1. The van der Waals surface area contributed by atoms with Gasteiger partial charge in [-0.1, -0.05) is 0 Å². The molecule has 0 atom stereocenters. The number of likely N-dealkylation sites (N-methyl/N-ethyl adjacent to an activating group) is 1. The third-order valence-corrected chi connectivity index (χ3v) is 8.22. The van der Waals surface area contributed by atoms with Crippen molar-refractivity contribution < 1.29 is 18.0 Å². The lowest BCUT2D eigenvalue weighted by Crippen LogP contribution is -2.61. The number of benzene rings is 1. The Hall–Kier alpha value is -2.92. The maximum Gasteiger partial charge on any atom is 0.418 e. The fourth-order valence-electron chi connectivity index (χ4n) is 5.77. The highest BCUT2D eigenvalue weighted by atomic mass is 19.4. The smallest absolute Gasteiger partial charge is 0.368 e. The van der Waals surface area contributed by atoms with Crippen molar-refractivity contribution in [3.05, 3.63) is 35.5 Å². The Morgan fingerprint density at radius 2 is 1.64 bits per heavy atom. The number of aromatic nitrogens is 2. The van der Waals surface area contributed by atoms with E-state index in [9.17, 15) is 18.0 Å². The van der Waals surface area contributed by atoms with Crippen LogP contribution in [0.5, 0.6) is 0 Å². The Labute approximate surface area is 229 Å². The summed E-state index contributed by atoms with van der Waals surface area (Å²) in [5.41, 5.74) is -0.123. The Balaban J connectivity index is 1.61. The van der Waals surface area contributed by atoms with Crippen molar-refractivity contribution in [2.24, 2.45) is 0 Å². The van der Waals surface area contributed by atoms with Gasteiger partial charge in [0.15, 0.2) is 5.78 Å². The zero-order chi connectivity index (χ0) is 28.8. The molecule has 2 aromatic rings. The topological polar surface area (TPSA) is 76.6 Å². The standard InChI is InChI=1S/C28H40F3N7O/c1-18(39)21-17-32-25(35-24(21)33-20-15-26(2,3)37(7)27(4,5)16-20)34-19-8-9-23(22(14-19)28(29,30)31)38-12-10-36(6)11-13-38/h8-9,14,17,20H,10-13,15-16H2,1-7H3,(H2,32,33,34,35). The first kappa shape index (κ1) is 29.1. The third kappa shape index (κ3) is 6.46. The molecule has 2 aliphatic heterocycles. The van der Waals surface area contributed by atoms with Gasteiger partial charge in [-0.15, -0.1) is 0 Å². The number of anilines is 4. The third-order valence-electron chi connectivity index (χ3n) is 8.22. The van der Waals surface area contributed by atoms with Crippen LogP contribution >= 0.6 is 0 Å². The highest BCUT2D eigenvalue weighted by Gasteiger charge is 2.43. The molecular formula is C28H40F3N7O. The number of piperazine rings is 1. The molecule has 11 heteroatoms. The van der Waals surface area contributed by atoms with Crippen LogP contribution in [0.1, 0.15) is 63.4 Å².